The van der Waals surface area contributed by atoms with Crippen LogP contribution < -0.4 is 10.6 Å². The normalized spacial score (nSPS) is 15.1. The summed E-state index contributed by atoms with van der Waals surface area (Å²) in [4.78, 5) is 25.9. The predicted molar refractivity (Wildman–Crippen MR) is 145 cm³/mol. The SMILES string of the molecule is CCOC(=O)C1=C(c2ccccc2)NC(SCC(=O)Nc2cc(Cl)cc(Cl)c2)=C(C#N)[C@@H]1c1ccco1. The van der Waals surface area contributed by atoms with E-state index in [1.54, 1.807) is 37.3 Å². The Morgan fingerprint density at radius 1 is 1.14 bits per heavy atom. The zero-order chi connectivity index (χ0) is 26.4. The van der Waals surface area contributed by atoms with Crippen LogP contribution in [0.15, 0.2) is 87.5 Å². The zero-order valence-corrected chi connectivity index (χ0v) is 21.9. The molecule has 0 fully saturated rings. The topological polar surface area (TPSA) is 104 Å². The molecular weight excluding hydrogens is 533 g/mol. The fraction of sp³-hybridized carbons (Fsp3) is 0.148. The van der Waals surface area contributed by atoms with Crippen LogP contribution in [0, 0.1) is 11.3 Å². The van der Waals surface area contributed by atoms with Crippen LogP contribution in [0.3, 0.4) is 0 Å². The lowest BCUT2D eigenvalue weighted by molar-refractivity contribution is -0.138. The number of rotatable bonds is 8. The lowest BCUT2D eigenvalue weighted by Gasteiger charge is -2.29. The summed E-state index contributed by atoms with van der Waals surface area (Å²) >= 11 is 13.2. The number of allylic oxidation sites excluding steroid dienone is 1. The van der Waals surface area contributed by atoms with E-state index < -0.39 is 11.9 Å². The number of dihydropyridines is 1. The molecular formula is C27H21Cl2N3O4S. The van der Waals surface area contributed by atoms with Crippen molar-refractivity contribution in [2.75, 3.05) is 17.7 Å². The van der Waals surface area contributed by atoms with E-state index in [2.05, 4.69) is 16.7 Å². The van der Waals surface area contributed by atoms with Gasteiger partial charge in [0, 0.05) is 15.7 Å². The molecule has 0 radical (unpaired) electrons. The summed E-state index contributed by atoms with van der Waals surface area (Å²) < 4.78 is 11.0. The van der Waals surface area contributed by atoms with Crippen LogP contribution in [0.25, 0.3) is 5.70 Å². The van der Waals surface area contributed by atoms with E-state index in [1.807, 2.05) is 30.3 Å². The third-order valence-corrected chi connectivity index (χ3v) is 6.78. The van der Waals surface area contributed by atoms with E-state index in [9.17, 15) is 14.9 Å². The van der Waals surface area contributed by atoms with Gasteiger partial charge >= 0.3 is 5.97 Å². The molecule has 2 heterocycles. The number of nitriles is 1. The number of esters is 1. The molecule has 0 bridgehead atoms. The molecule has 0 saturated carbocycles. The van der Waals surface area contributed by atoms with Crippen LogP contribution in [0.4, 0.5) is 5.69 Å². The highest BCUT2D eigenvalue weighted by molar-refractivity contribution is 8.03. The van der Waals surface area contributed by atoms with Gasteiger partial charge in [0.1, 0.15) is 5.76 Å². The molecule has 0 spiro atoms. The Morgan fingerprint density at radius 3 is 2.49 bits per heavy atom. The lowest BCUT2D eigenvalue weighted by Crippen LogP contribution is -2.29. The zero-order valence-electron chi connectivity index (χ0n) is 19.6. The summed E-state index contributed by atoms with van der Waals surface area (Å²) in [6, 6.07) is 19.6. The predicted octanol–water partition coefficient (Wildman–Crippen LogP) is 6.35. The van der Waals surface area contributed by atoms with E-state index in [4.69, 9.17) is 32.4 Å². The van der Waals surface area contributed by atoms with Gasteiger partial charge in [0.2, 0.25) is 5.91 Å². The van der Waals surface area contributed by atoms with Crippen molar-refractivity contribution in [1.29, 1.82) is 5.26 Å². The number of ether oxygens (including phenoxy) is 1. The first-order chi connectivity index (χ1) is 17.9. The molecule has 10 heteroatoms. The Labute approximate surface area is 228 Å². The van der Waals surface area contributed by atoms with Crippen LogP contribution >= 0.6 is 35.0 Å². The van der Waals surface area contributed by atoms with E-state index in [0.29, 0.717) is 32.2 Å². The highest BCUT2D eigenvalue weighted by Crippen LogP contribution is 2.43. The molecule has 0 unspecified atom stereocenters. The summed E-state index contributed by atoms with van der Waals surface area (Å²) in [6.45, 7) is 1.88. The average Bonchev–Trinajstić information content (AvgIpc) is 3.41. The van der Waals surface area contributed by atoms with Crippen molar-refractivity contribution in [3.05, 3.63) is 104 Å². The smallest absolute Gasteiger partial charge is 0.337 e. The van der Waals surface area contributed by atoms with Gasteiger partial charge in [0.15, 0.2) is 0 Å². The molecule has 2 N–H and O–H groups in total. The Balaban J connectivity index is 1.70. The number of anilines is 1. The summed E-state index contributed by atoms with van der Waals surface area (Å²) in [5, 5.41) is 17.4. The molecule has 0 saturated heterocycles. The van der Waals surface area contributed by atoms with Crippen LogP contribution in [0.5, 0.6) is 0 Å². The minimum absolute atomic E-state index is 0.0284. The number of nitrogens with one attached hydrogen (secondary N) is 2. The number of hydrogen-bond donors (Lipinski definition) is 2. The number of carbonyl (C=O) groups excluding carboxylic acids is 2. The number of hydrogen-bond acceptors (Lipinski definition) is 7. The van der Waals surface area contributed by atoms with Crippen molar-refractivity contribution in [2.24, 2.45) is 0 Å². The lowest BCUT2D eigenvalue weighted by atomic mass is 9.84. The Kier molecular flexibility index (Phi) is 8.62. The Hall–Kier alpha value is -3.64. The maximum Gasteiger partial charge on any atom is 0.337 e. The van der Waals surface area contributed by atoms with E-state index in [0.717, 1.165) is 17.3 Å². The fourth-order valence-corrected chi connectivity index (χ4v) is 5.23. The van der Waals surface area contributed by atoms with Crippen LogP contribution in [0.1, 0.15) is 24.2 Å². The maximum absolute atomic E-state index is 13.2. The maximum atomic E-state index is 13.2. The van der Waals surface area contributed by atoms with Gasteiger partial charge in [-0.15, -0.1) is 0 Å². The summed E-state index contributed by atoms with van der Waals surface area (Å²) in [7, 11) is 0. The van der Waals surface area contributed by atoms with Gasteiger partial charge in [-0.25, -0.2) is 4.79 Å². The van der Waals surface area contributed by atoms with Crippen LogP contribution in [-0.4, -0.2) is 24.2 Å². The molecule has 1 aromatic heterocycles. The summed E-state index contributed by atoms with van der Waals surface area (Å²) in [5.41, 5.74) is 2.14. The molecule has 1 aliphatic heterocycles. The van der Waals surface area contributed by atoms with Gasteiger partial charge in [0.25, 0.3) is 0 Å². The second-order valence-electron chi connectivity index (χ2n) is 7.80. The van der Waals surface area contributed by atoms with Gasteiger partial charge in [-0.3, -0.25) is 4.79 Å². The quantitative estimate of drug-likeness (QED) is 0.313. The third kappa shape index (κ3) is 6.20. The van der Waals surface area contributed by atoms with Crippen LogP contribution in [0.2, 0.25) is 10.0 Å². The largest absolute Gasteiger partial charge is 0.468 e. The van der Waals surface area contributed by atoms with Crippen molar-refractivity contribution >= 4 is 58.2 Å². The molecule has 4 rings (SSSR count). The highest BCUT2D eigenvalue weighted by Gasteiger charge is 2.38. The molecule has 1 amide bonds. The first-order valence-corrected chi connectivity index (χ1v) is 13.0. The van der Waals surface area contributed by atoms with Crippen molar-refractivity contribution in [2.45, 2.75) is 12.8 Å². The van der Waals surface area contributed by atoms with E-state index >= 15 is 0 Å². The first-order valence-electron chi connectivity index (χ1n) is 11.2. The van der Waals surface area contributed by atoms with Crippen molar-refractivity contribution in [3.8, 4) is 6.07 Å². The minimum Gasteiger partial charge on any atom is -0.468 e. The van der Waals surface area contributed by atoms with E-state index in [1.165, 1.54) is 6.26 Å². The van der Waals surface area contributed by atoms with Crippen LogP contribution in [-0.2, 0) is 14.3 Å². The average molecular weight is 554 g/mol. The number of furan rings is 1. The molecule has 7 nitrogen and oxygen atoms in total. The monoisotopic (exact) mass is 553 g/mol. The molecule has 3 aromatic rings. The van der Waals surface area contributed by atoms with Gasteiger partial charge in [0.05, 0.1) is 52.5 Å². The summed E-state index contributed by atoms with van der Waals surface area (Å²) in [6.07, 6.45) is 1.48. The van der Waals surface area contributed by atoms with Gasteiger partial charge in [-0.05, 0) is 42.8 Å². The second kappa shape index (κ2) is 12.1. The number of halogens is 2. The molecule has 1 atom stereocenters. The Morgan fingerprint density at radius 2 is 1.86 bits per heavy atom. The number of nitrogens with zero attached hydrogens (tertiary/aromatic N) is 1. The Bertz CT molecular complexity index is 1390. The number of amides is 1. The fourth-order valence-electron chi connectivity index (χ4n) is 3.86. The molecule has 2 aromatic carbocycles. The molecule has 188 valence electrons. The number of thioether (sulfide) groups is 1. The molecule has 0 aliphatic carbocycles. The first kappa shape index (κ1) is 26.4. The van der Waals surface area contributed by atoms with Gasteiger partial charge in [-0.1, -0.05) is 65.3 Å². The highest BCUT2D eigenvalue weighted by atomic mass is 35.5. The third-order valence-electron chi connectivity index (χ3n) is 5.33. The van der Waals surface area contributed by atoms with Crippen molar-refractivity contribution in [1.82, 2.24) is 5.32 Å². The van der Waals surface area contributed by atoms with Gasteiger partial charge in [-0.2, -0.15) is 5.26 Å². The second-order valence-corrected chi connectivity index (χ2v) is 9.66. The van der Waals surface area contributed by atoms with E-state index in [-0.39, 0.29) is 29.4 Å². The van der Waals surface area contributed by atoms with Crippen molar-refractivity contribution < 1.29 is 18.7 Å². The molecule has 1 aliphatic rings. The minimum atomic E-state index is -0.826. The standard InChI is InChI=1S/C27H21Cl2N3O4S/c1-2-35-27(34)24-23(21-9-6-10-36-21)20(14-30)26(32-25(24)16-7-4-3-5-8-16)37-15-22(33)31-19-12-17(28)11-18(29)13-19/h3-13,23,32H,2,15H2,1H3,(H,31,33)/t23-/m1/s1. The summed E-state index contributed by atoms with van der Waals surface area (Å²) in [5.74, 6) is -1.34. The van der Waals surface area contributed by atoms with Gasteiger partial charge < -0.3 is 19.8 Å². The number of benzene rings is 2. The number of carbonyl (C=O) groups is 2. The molecule has 37 heavy (non-hydrogen) atoms. The van der Waals surface area contributed by atoms with Crippen molar-refractivity contribution in [3.63, 3.8) is 0 Å².